The van der Waals surface area contributed by atoms with Crippen LogP contribution in [0.5, 0.6) is 0 Å². The molecule has 1 aliphatic heterocycles. The Balaban J connectivity index is 1.79. The maximum Gasteiger partial charge on any atom is 0.316 e. The van der Waals surface area contributed by atoms with Crippen LogP contribution in [0.3, 0.4) is 0 Å². The van der Waals surface area contributed by atoms with Gasteiger partial charge in [-0.25, -0.2) is 9.18 Å². The Hall–Kier alpha value is -2.35. The van der Waals surface area contributed by atoms with E-state index in [0.717, 1.165) is 0 Å². The SMILES string of the molecule is NC(=O)Nc1cccc(C(=O)N2CCO[C@@H](c3cc(F)c(Cl)cc3Cl)C2)c1. The highest BCUT2D eigenvalue weighted by molar-refractivity contribution is 6.35. The Morgan fingerprint density at radius 1 is 1.22 bits per heavy atom. The lowest BCUT2D eigenvalue weighted by molar-refractivity contribution is -0.0228. The van der Waals surface area contributed by atoms with E-state index in [4.69, 9.17) is 33.7 Å². The molecular formula is C18H16Cl2FN3O3. The van der Waals surface area contributed by atoms with E-state index in [1.54, 1.807) is 23.1 Å². The predicted octanol–water partition coefficient (Wildman–Crippen LogP) is 3.84. The Morgan fingerprint density at radius 3 is 2.74 bits per heavy atom. The number of benzene rings is 2. The summed E-state index contributed by atoms with van der Waals surface area (Å²) in [5.74, 6) is -0.852. The number of anilines is 1. The van der Waals surface area contributed by atoms with Crippen molar-refractivity contribution in [3.05, 3.63) is 63.4 Å². The van der Waals surface area contributed by atoms with Crippen molar-refractivity contribution in [1.82, 2.24) is 4.90 Å². The molecule has 3 amide bonds. The van der Waals surface area contributed by atoms with Gasteiger partial charge in [-0.1, -0.05) is 29.3 Å². The van der Waals surface area contributed by atoms with E-state index in [9.17, 15) is 14.0 Å². The molecule has 0 saturated carbocycles. The predicted molar refractivity (Wildman–Crippen MR) is 101 cm³/mol. The summed E-state index contributed by atoms with van der Waals surface area (Å²) < 4.78 is 19.5. The number of nitrogens with two attached hydrogens (primary N) is 1. The first-order valence-electron chi connectivity index (χ1n) is 8.07. The number of halogens is 3. The van der Waals surface area contributed by atoms with Gasteiger partial charge < -0.3 is 20.7 Å². The molecule has 2 aromatic rings. The lowest BCUT2D eigenvalue weighted by Crippen LogP contribution is -2.42. The van der Waals surface area contributed by atoms with Crippen molar-refractivity contribution < 1.29 is 18.7 Å². The Bertz CT molecular complexity index is 894. The number of hydrogen-bond acceptors (Lipinski definition) is 3. The molecule has 27 heavy (non-hydrogen) atoms. The molecule has 0 spiro atoms. The number of rotatable bonds is 3. The van der Waals surface area contributed by atoms with Crippen molar-refractivity contribution in [2.24, 2.45) is 5.73 Å². The molecule has 1 saturated heterocycles. The van der Waals surface area contributed by atoms with Gasteiger partial charge in [0.05, 0.1) is 18.2 Å². The smallest absolute Gasteiger partial charge is 0.316 e. The summed E-state index contributed by atoms with van der Waals surface area (Å²) >= 11 is 11.9. The minimum absolute atomic E-state index is 0.0775. The van der Waals surface area contributed by atoms with Gasteiger partial charge in [0, 0.05) is 28.4 Å². The molecule has 1 fully saturated rings. The molecule has 3 rings (SSSR count). The van der Waals surface area contributed by atoms with Crippen LogP contribution in [0.2, 0.25) is 10.0 Å². The topological polar surface area (TPSA) is 84.7 Å². The van der Waals surface area contributed by atoms with Gasteiger partial charge in [0.25, 0.3) is 5.91 Å². The molecule has 0 aromatic heterocycles. The summed E-state index contributed by atoms with van der Waals surface area (Å²) in [5.41, 5.74) is 6.33. The number of morpholine rings is 1. The molecule has 9 heteroatoms. The number of nitrogens with zero attached hydrogens (tertiary/aromatic N) is 1. The summed E-state index contributed by atoms with van der Waals surface area (Å²) in [6.45, 7) is 0.847. The third-order valence-electron chi connectivity index (χ3n) is 4.12. The largest absolute Gasteiger partial charge is 0.370 e. The average molecular weight is 412 g/mol. The van der Waals surface area contributed by atoms with Crippen molar-refractivity contribution in [3.8, 4) is 0 Å². The van der Waals surface area contributed by atoms with Gasteiger partial charge >= 0.3 is 6.03 Å². The minimum Gasteiger partial charge on any atom is -0.370 e. The first kappa shape index (κ1) is 19.4. The molecular weight excluding hydrogens is 396 g/mol. The number of carbonyl (C=O) groups excluding carboxylic acids is 2. The van der Waals surface area contributed by atoms with Crippen LogP contribution in [0.4, 0.5) is 14.9 Å². The van der Waals surface area contributed by atoms with Gasteiger partial charge in [-0.15, -0.1) is 0 Å². The quantitative estimate of drug-likeness (QED) is 0.752. The maximum absolute atomic E-state index is 13.8. The third-order valence-corrected chi connectivity index (χ3v) is 4.73. The van der Waals surface area contributed by atoms with E-state index in [1.165, 1.54) is 18.2 Å². The zero-order chi connectivity index (χ0) is 19.6. The van der Waals surface area contributed by atoms with Gasteiger partial charge in [-0.05, 0) is 30.3 Å². The van der Waals surface area contributed by atoms with Gasteiger partial charge in [0.1, 0.15) is 11.9 Å². The van der Waals surface area contributed by atoms with Crippen molar-refractivity contribution in [2.45, 2.75) is 6.10 Å². The van der Waals surface area contributed by atoms with Gasteiger partial charge in [0.2, 0.25) is 0 Å². The second kappa shape index (κ2) is 8.12. The summed E-state index contributed by atoms with van der Waals surface area (Å²) in [7, 11) is 0. The summed E-state index contributed by atoms with van der Waals surface area (Å²) in [6, 6.07) is 8.25. The number of amides is 3. The maximum atomic E-state index is 13.8. The fourth-order valence-electron chi connectivity index (χ4n) is 2.86. The van der Waals surface area contributed by atoms with Crippen LogP contribution in [0, 0.1) is 5.82 Å². The van der Waals surface area contributed by atoms with Crippen molar-refractivity contribution >= 4 is 40.8 Å². The molecule has 0 aliphatic carbocycles. The lowest BCUT2D eigenvalue weighted by Gasteiger charge is -2.33. The van der Waals surface area contributed by atoms with Crippen molar-refractivity contribution in [3.63, 3.8) is 0 Å². The molecule has 1 heterocycles. The van der Waals surface area contributed by atoms with Crippen LogP contribution < -0.4 is 11.1 Å². The number of primary amides is 1. The average Bonchev–Trinajstić information content (AvgIpc) is 2.64. The standard InChI is InChI=1S/C18H16Cl2FN3O3/c19-13-8-14(20)15(21)7-12(13)16-9-24(4-5-27-16)17(25)10-2-1-3-11(6-10)23-18(22)26/h1-3,6-8,16H,4-5,9H2,(H3,22,23,26)/t16-/m1/s1. The van der Waals surface area contributed by atoms with Crippen molar-refractivity contribution in [2.75, 3.05) is 25.0 Å². The normalized spacial score (nSPS) is 16.9. The molecule has 1 atom stereocenters. The number of urea groups is 1. The molecule has 0 radical (unpaired) electrons. The van der Waals surface area contributed by atoms with Crippen LogP contribution in [0.15, 0.2) is 36.4 Å². The molecule has 0 unspecified atom stereocenters. The summed E-state index contributed by atoms with van der Waals surface area (Å²) in [5, 5.41) is 2.62. The first-order valence-corrected chi connectivity index (χ1v) is 8.82. The van der Waals surface area contributed by atoms with E-state index in [1.807, 2.05) is 0 Å². The van der Waals surface area contributed by atoms with Gasteiger partial charge in [0.15, 0.2) is 0 Å². The fraction of sp³-hybridized carbons (Fsp3) is 0.222. The van der Waals surface area contributed by atoms with Gasteiger partial charge in [-0.3, -0.25) is 4.79 Å². The lowest BCUT2D eigenvalue weighted by atomic mass is 10.1. The zero-order valence-corrected chi connectivity index (χ0v) is 15.6. The highest BCUT2D eigenvalue weighted by Crippen LogP contribution is 2.32. The Labute approximate surface area is 165 Å². The van der Waals surface area contributed by atoms with Crippen LogP contribution in [0.25, 0.3) is 0 Å². The first-order chi connectivity index (χ1) is 12.8. The second-order valence-electron chi connectivity index (χ2n) is 5.97. The molecule has 142 valence electrons. The van der Waals surface area contributed by atoms with Gasteiger partial charge in [-0.2, -0.15) is 0 Å². The number of nitrogens with one attached hydrogen (secondary N) is 1. The van der Waals surface area contributed by atoms with E-state index >= 15 is 0 Å². The molecule has 0 bridgehead atoms. The number of carbonyl (C=O) groups is 2. The molecule has 3 N–H and O–H groups in total. The molecule has 6 nitrogen and oxygen atoms in total. The Morgan fingerprint density at radius 2 is 2.00 bits per heavy atom. The van der Waals surface area contributed by atoms with E-state index in [-0.39, 0.29) is 29.1 Å². The summed E-state index contributed by atoms with van der Waals surface area (Å²) in [6.07, 6.45) is -0.575. The number of ether oxygens (including phenoxy) is 1. The second-order valence-corrected chi connectivity index (χ2v) is 6.78. The zero-order valence-electron chi connectivity index (χ0n) is 14.0. The molecule has 1 aliphatic rings. The van der Waals surface area contributed by atoms with E-state index in [0.29, 0.717) is 23.4 Å². The van der Waals surface area contributed by atoms with Crippen molar-refractivity contribution in [1.29, 1.82) is 0 Å². The minimum atomic E-state index is -0.717. The van der Waals surface area contributed by atoms with Crippen LogP contribution in [-0.4, -0.2) is 36.5 Å². The highest BCUT2D eigenvalue weighted by atomic mass is 35.5. The third kappa shape index (κ3) is 4.50. The van der Waals surface area contributed by atoms with E-state index < -0.39 is 18.0 Å². The van der Waals surface area contributed by atoms with E-state index in [2.05, 4.69) is 5.32 Å². The number of hydrogen-bond donors (Lipinski definition) is 2. The van der Waals surface area contributed by atoms with Crippen LogP contribution in [-0.2, 0) is 4.74 Å². The summed E-state index contributed by atoms with van der Waals surface area (Å²) in [4.78, 5) is 25.4. The molecule has 2 aromatic carbocycles. The van der Waals surface area contributed by atoms with Crippen LogP contribution >= 0.6 is 23.2 Å². The monoisotopic (exact) mass is 411 g/mol. The fourth-order valence-corrected chi connectivity index (χ4v) is 3.37. The van der Waals surface area contributed by atoms with Crippen LogP contribution in [0.1, 0.15) is 22.0 Å². The highest BCUT2D eigenvalue weighted by Gasteiger charge is 2.28. The Kier molecular flexibility index (Phi) is 5.84.